The maximum atomic E-state index is 13.3. The van der Waals surface area contributed by atoms with Gasteiger partial charge in [-0.2, -0.15) is 0 Å². The van der Waals surface area contributed by atoms with Crippen LogP contribution in [-0.4, -0.2) is 55.2 Å². The minimum atomic E-state index is -0.299. The molecule has 0 N–H and O–H groups in total. The summed E-state index contributed by atoms with van der Waals surface area (Å²) in [7, 11) is 0. The maximum absolute atomic E-state index is 13.3. The van der Waals surface area contributed by atoms with Crippen molar-refractivity contribution in [3.63, 3.8) is 0 Å². The van der Waals surface area contributed by atoms with E-state index in [1.54, 1.807) is 28.4 Å². The van der Waals surface area contributed by atoms with Crippen molar-refractivity contribution in [3.05, 3.63) is 58.9 Å². The molecular formula is C23H26FN3O2S. The first-order chi connectivity index (χ1) is 14.5. The standard InChI is InChI=1S/C23H26FN3O2S/c1-16-13-17(2)22-20(14-16)30-23(25-22)27(8-7-26-9-11-29-12-10-26)21(28)15-18-3-5-19(24)6-4-18/h3-6,13-14H,7-12,15H2,1-2H3. The summed E-state index contributed by atoms with van der Waals surface area (Å²) in [5.74, 6) is -0.323. The van der Waals surface area contributed by atoms with Crippen molar-refractivity contribution >= 4 is 32.6 Å². The highest BCUT2D eigenvalue weighted by molar-refractivity contribution is 7.22. The quantitative estimate of drug-likeness (QED) is 0.597. The van der Waals surface area contributed by atoms with E-state index in [1.807, 2.05) is 0 Å². The zero-order valence-corrected chi connectivity index (χ0v) is 18.2. The molecule has 1 amide bonds. The van der Waals surface area contributed by atoms with E-state index in [0.29, 0.717) is 6.54 Å². The average Bonchev–Trinajstić information content (AvgIpc) is 3.14. The second kappa shape index (κ2) is 9.20. The number of aryl methyl sites for hydroxylation is 2. The molecule has 7 heteroatoms. The molecule has 0 aliphatic carbocycles. The number of thiazole rings is 1. The number of hydrogen-bond donors (Lipinski definition) is 0. The number of amides is 1. The lowest BCUT2D eigenvalue weighted by Gasteiger charge is -2.29. The first-order valence-corrected chi connectivity index (χ1v) is 11.0. The van der Waals surface area contributed by atoms with Crippen LogP contribution in [0.4, 0.5) is 9.52 Å². The fourth-order valence-corrected chi connectivity index (χ4v) is 4.92. The number of aromatic nitrogens is 1. The van der Waals surface area contributed by atoms with Crippen LogP contribution in [0.15, 0.2) is 36.4 Å². The first-order valence-electron chi connectivity index (χ1n) is 10.2. The van der Waals surface area contributed by atoms with Gasteiger partial charge in [-0.1, -0.05) is 29.5 Å². The number of halogens is 1. The Morgan fingerprint density at radius 1 is 1.20 bits per heavy atom. The van der Waals surface area contributed by atoms with Gasteiger partial charge in [0.2, 0.25) is 5.91 Å². The summed E-state index contributed by atoms with van der Waals surface area (Å²) in [4.78, 5) is 22.2. The molecule has 3 aromatic rings. The van der Waals surface area contributed by atoms with Crippen LogP contribution in [0.25, 0.3) is 10.2 Å². The Labute approximate surface area is 180 Å². The van der Waals surface area contributed by atoms with E-state index in [2.05, 4.69) is 30.9 Å². The topological polar surface area (TPSA) is 45.7 Å². The summed E-state index contributed by atoms with van der Waals surface area (Å²) in [6, 6.07) is 10.4. The SMILES string of the molecule is Cc1cc(C)c2nc(N(CCN3CCOCC3)C(=O)Cc3ccc(F)cc3)sc2c1. The second-order valence-electron chi connectivity index (χ2n) is 7.73. The number of ether oxygens (including phenoxy) is 1. The van der Waals surface area contributed by atoms with E-state index < -0.39 is 0 Å². The molecule has 1 aliphatic heterocycles. The van der Waals surface area contributed by atoms with Crippen molar-refractivity contribution in [3.8, 4) is 0 Å². The van der Waals surface area contributed by atoms with Gasteiger partial charge in [0.25, 0.3) is 0 Å². The number of benzene rings is 2. The molecule has 0 unspecified atom stereocenters. The van der Waals surface area contributed by atoms with Crippen LogP contribution in [0.3, 0.4) is 0 Å². The molecule has 0 radical (unpaired) electrons. The van der Waals surface area contributed by atoms with Crippen molar-refractivity contribution in [2.45, 2.75) is 20.3 Å². The number of morpholine rings is 1. The number of fused-ring (bicyclic) bond motifs is 1. The van der Waals surface area contributed by atoms with Crippen LogP contribution in [-0.2, 0) is 16.0 Å². The fraction of sp³-hybridized carbons (Fsp3) is 0.391. The Hall–Kier alpha value is -2.35. The van der Waals surface area contributed by atoms with Gasteiger partial charge in [0.05, 0.1) is 29.9 Å². The molecule has 1 fully saturated rings. The summed E-state index contributed by atoms with van der Waals surface area (Å²) < 4.78 is 19.8. The van der Waals surface area contributed by atoms with Gasteiger partial charge < -0.3 is 4.74 Å². The minimum absolute atomic E-state index is 0.0247. The third-order valence-electron chi connectivity index (χ3n) is 5.36. The molecule has 1 aliphatic rings. The predicted molar refractivity (Wildman–Crippen MR) is 119 cm³/mol. The predicted octanol–water partition coefficient (Wildman–Crippen LogP) is 3.96. The smallest absolute Gasteiger partial charge is 0.233 e. The lowest BCUT2D eigenvalue weighted by atomic mass is 10.1. The van der Waals surface area contributed by atoms with Crippen molar-refractivity contribution < 1.29 is 13.9 Å². The van der Waals surface area contributed by atoms with Crippen LogP contribution in [0.2, 0.25) is 0 Å². The van der Waals surface area contributed by atoms with Gasteiger partial charge in [0.1, 0.15) is 5.82 Å². The Morgan fingerprint density at radius 2 is 1.93 bits per heavy atom. The van der Waals surface area contributed by atoms with Gasteiger partial charge in [-0.25, -0.2) is 9.37 Å². The van der Waals surface area contributed by atoms with Crippen LogP contribution in [0, 0.1) is 19.7 Å². The van der Waals surface area contributed by atoms with Gasteiger partial charge in [-0.05, 0) is 48.7 Å². The Bertz CT molecular complexity index is 1030. The van der Waals surface area contributed by atoms with E-state index in [-0.39, 0.29) is 18.1 Å². The van der Waals surface area contributed by atoms with Gasteiger partial charge in [0.15, 0.2) is 5.13 Å². The Kier molecular flexibility index (Phi) is 6.41. The Balaban J connectivity index is 1.59. The van der Waals surface area contributed by atoms with Gasteiger partial charge >= 0.3 is 0 Å². The molecule has 30 heavy (non-hydrogen) atoms. The molecule has 0 atom stereocenters. The molecule has 2 aromatic carbocycles. The van der Waals surface area contributed by atoms with Gasteiger partial charge in [-0.15, -0.1) is 0 Å². The Morgan fingerprint density at radius 3 is 2.67 bits per heavy atom. The molecule has 158 valence electrons. The van der Waals surface area contributed by atoms with Crippen LogP contribution < -0.4 is 4.90 Å². The molecule has 4 rings (SSSR count). The minimum Gasteiger partial charge on any atom is -0.379 e. The molecule has 0 bridgehead atoms. The number of carbonyl (C=O) groups excluding carboxylic acids is 1. The number of carbonyl (C=O) groups is 1. The maximum Gasteiger partial charge on any atom is 0.233 e. The van der Waals surface area contributed by atoms with Crippen LogP contribution >= 0.6 is 11.3 Å². The monoisotopic (exact) mass is 427 g/mol. The van der Waals surface area contributed by atoms with E-state index in [1.165, 1.54) is 17.7 Å². The summed E-state index contributed by atoms with van der Waals surface area (Å²) in [6.45, 7) is 8.66. The largest absolute Gasteiger partial charge is 0.379 e. The lowest BCUT2D eigenvalue weighted by Crippen LogP contribution is -2.43. The zero-order chi connectivity index (χ0) is 21.1. The zero-order valence-electron chi connectivity index (χ0n) is 17.4. The highest BCUT2D eigenvalue weighted by Crippen LogP contribution is 2.32. The molecule has 1 saturated heterocycles. The van der Waals surface area contributed by atoms with E-state index >= 15 is 0 Å². The molecule has 2 heterocycles. The normalized spacial score (nSPS) is 14.9. The molecule has 1 aromatic heterocycles. The first kappa shape index (κ1) is 20.9. The number of rotatable bonds is 6. The summed E-state index contributed by atoms with van der Waals surface area (Å²) >= 11 is 1.55. The van der Waals surface area contributed by atoms with E-state index in [9.17, 15) is 9.18 Å². The van der Waals surface area contributed by atoms with Crippen molar-refractivity contribution in [1.29, 1.82) is 0 Å². The molecular weight excluding hydrogens is 401 g/mol. The number of nitrogens with zero attached hydrogens (tertiary/aromatic N) is 3. The number of anilines is 1. The highest BCUT2D eigenvalue weighted by atomic mass is 32.1. The summed E-state index contributed by atoms with van der Waals surface area (Å²) in [5, 5.41) is 0.721. The average molecular weight is 428 g/mol. The van der Waals surface area contributed by atoms with Gasteiger partial charge in [-0.3, -0.25) is 14.6 Å². The summed E-state index contributed by atoms with van der Waals surface area (Å²) in [6.07, 6.45) is 0.220. The van der Waals surface area contributed by atoms with Crippen LogP contribution in [0.5, 0.6) is 0 Å². The highest BCUT2D eigenvalue weighted by Gasteiger charge is 2.22. The van der Waals surface area contributed by atoms with Gasteiger partial charge in [0, 0.05) is 26.2 Å². The third kappa shape index (κ3) is 4.86. The fourth-order valence-electron chi connectivity index (χ4n) is 3.74. The van der Waals surface area contributed by atoms with Crippen molar-refractivity contribution in [2.75, 3.05) is 44.3 Å². The third-order valence-corrected chi connectivity index (χ3v) is 6.39. The summed E-state index contributed by atoms with van der Waals surface area (Å²) in [5.41, 5.74) is 4.05. The van der Waals surface area contributed by atoms with Crippen LogP contribution in [0.1, 0.15) is 16.7 Å². The van der Waals surface area contributed by atoms with Crippen molar-refractivity contribution in [2.24, 2.45) is 0 Å². The lowest BCUT2D eigenvalue weighted by molar-refractivity contribution is -0.118. The van der Waals surface area contributed by atoms with Crippen molar-refractivity contribution in [1.82, 2.24) is 9.88 Å². The molecule has 0 saturated carbocycles. The van der Waals surface area contributed by atoms with E-state index in [4.69, 9.17) is 9.72 Å². The molecule has 5 nitrogen and oxygen atoms in total. The number of hydrogen-bond acceptors (Lipinski definition) is 5. The second-order valence-corrected chi connectivity index (χ2v) is 8.74. The molecule has 0 spiro atoms. The van der Waals surface area contributed by atoms with E-state index in [0.717, 1.165) is 59.3 Å².